The summed E-state index contributed by atoms with van der Waals surface area (Å²) in [5, 5.41) is 5.92. The van der Waals surface area contributed by atoms with E-state index in [1.165, 1.54) is 0 Å². The lowest BCUT2D eigenvalue weighted by molar-refractivity contribution is -0.121. The number of carbonyl (C=O) groups excluding carboxylic acids is 2. The van der Waals surface area contributed by atoms with E-state index in [-0.39, 0.29) is 17.9 Å². The number of hydrogen-bond acceptors (Lipinski definition) is 4. The zero-order valence-electron chi connectivity index (χ0n) is 10.4. The summed E-state index contributed by atoms with van der Waals surface area (Å²) >= 11 is 0. The number of nitrogens with one attached hydrogen (secondary N) is 2. The van der Waals surface area contributed by atoms with E-state index < -0.39 is 0 Å². The van der Waals surface area contributed by atoms with Gasteiger partial charge >= 0.3 is 6.09 Å². The maximum absolute atomic E-state index is 11.8. The van der Waals surface area contributed by atoms with Crippen molar-refractivity contribution in [2.75, 3.05) is 36.5 Å². The quantitative estimate of drug-likeness (QED) is 0.844. The Bertz CT molecular complexity index is 514. The first-order chi connectivity index (χ1) is 9.24. The molecule has 100 valence electrons. The Hall–Kier alpha value is -2.08. The van der Waals surface area contributed by atoms with Crippen LogP contribution in [0.1, 0.15) is 0 Å². The van der Waals surface area contributed by atoms with Crippen molar-refractivity contribution < 1.29 is 14.3 Å². The molecule has 2 N–H and O–H groups in total. The normalized spacial score (nSPS) is 18.9. The fourth-order valence-electron chi connectivity index (χ4n) is 2.10. The highest BCUT2D eigenvalue weighted by Gasteiger charge is 2.26. The van der Waals surface area contributed by atoms with Gasteiger partial charge in [0.05, 0.1) is 12.5 Å². The second kappa shape index (κ2) is 4.89. The minimum Gasteiger partial charge on any atom is -0.447 e. The van der Waals surface area contributed by atoms with Crippen molar-refractivity contribution in [2.45, 2.75) is 0 Å². The smallest absolute Gasteiger partial charge is 0.414 e. The van der Waals surface area contributed by atoms with Gasteiger partial charge in [-0.15, -0.1) is 0 Å². The van der Waals surface area contributed by atoms with Crippen LogP contribution in [-0.2, 0) is 9.53 Å². The van der Waals surface area contributed by atoms with Crippen molar-refractivity contribution in [3.63, 3.8) is 0 Å². The zero-order valence-corrected chi connectivity index (χ0v) is 10.4. The number of carbonyl (C=O) groups is 2. The minimum atomic E-state index is -0.341. The van der Waals surface area contributed by atoms with Crippen molar-refractivity contribution in [3.05, 3.63) is 24.3 Å². The van der Waals surface area contributed by atoms with Gasteiger partial charge in [0.2, 0.25) is 5.91 Å². The Labute approximate surface area is 110 Å². The van der Waals surface area contributed by atoms with E-state index in [0.29, 0.717) is 18.8 Å². The Morgan fingerprint density at radius 2 is 2.26 bits per heavy atom. The molecule has 0 aliphatic carbocycles. The second-order valence-electron chi connectivity index (χ2n) is 4.66. The molecule has 0 spiro atoms. The average molecular weight is 261 g/mol. The van der Waals surface area contributed by atoms with Crippen LogP contribution >= 0.6 is 0 Å². The second-order valence-corrected chi connectivity index (χ2v) is 4.66. The van der Waals surface area contributed by atoms with E-state index in [0.717, 1.165) is 18.8 Å². The summed E-state index contributed by atoms with van der Waals surface area (Å²) in [5.41, 5.74) is 1.45. The Morgan fingerprint density at radius 1 is 1.42 bits per heavy atom. The molecule has 2 amide bonds. The Morgan fingerprint density at radius 3 is 2.89 bits per heavy atom. The van der Waals surface area contributed by atoms with Gasteiger partial charge < -0.3 is 15.4 Å². The van der Waals surface area contributed by atoms with Gasteiger partial charge in [-0.2, -0.15) is 0 Å². The number of rotatable bonds is 3. The van der Waals surface area contributed by atoms with Crippen LogP contribution in [-0.4, -0.2) is 38.2 Å². The summed E-state index contributed by atoms with van der Waals surface area (Å²) < 4.78 is 4.90. The lowest BCUT2D eigenvalue weighted by Gasteiger charge is -2.26. The summed E-state index contributed by atoms with van der Waals surface area (Å²) in [7, 11) is 0. The number of hydrogen-bond donors (Lipinski definition) is 2. The van der Waals surface area contributed by atoms with E-state index >= 15 is 0 Å². The first-order valence-electron chi connectivity index (χ1n) is 6.30. The van der Waals surface area contributed by atoms with Crippen molar-refractivity contribution in [1.29, 1.82) is 0 Å². The van der Waals surface area contributed by atoms with Crippen molar-refractivity contribution in [3.8, 4) is 0 Å². The molecule has 2 aliphatic heterocycles. The molecule has 0 saturated carbocycles. The summed E-state index contributed by atoms with van der Waals surface area (Å²) in [6.07, 6.45) is -0.341. The number of nitrogens with zero attached hydrogens (tertiary/aromatic N) is 1. The molecule has 6 heteroatoms. The molecule has 6 nitrogen and oxygen atoms in total. The molecule has 3 rings (SSSR count). The first kappa shape index (κ1) is 12.0. The number of amides is 2. The molecule has 2 aliphatic rings. The zero-order chi connectivity index (χ0) is 13.2. The Kier molecular flexibility index (Phi) is 3.08. The third-order valence-corrected chi connectivity index (χ3v) is 3.34. The molecule has 0 unspecified atom stereocenters. The number of anilines is 2. The molecule has 2 heterocycles. The first-order valence-corrected chi connectivity index (χ1v) is 6.30. The maximum atomic E-state index is 11.8. The van der Waals surface area contributed by atoms with Gasteiger partial charge in [0.25, 0.3) is 0 Å². The van der Waals surface area contributed by atoms with E-state index in [2.05, 4.69) is 10.6 Å². The summed E-state index contributed by atoms with van der Waals surface area (Å²) in [6, 6.07) is 7.24. The van der Waals surface area contributed by atoms with Crippen molar-refractivity contribution >= 4 is 23.4 Å². The van der Waals surface area contributed by atoms with E-state index in [4.69, 9.17) is 4.74 Å². The summed E-state index contributed by atoms with van der Waals surface area (Å²) in [4.78, 5) is 24.9. The van der Waals surface area contributed by atoms with Gasteiger partial charge in [-0.25, -0.2) is 4.79 Å². The van der Waals surface area contributed by atoms with Crippen LogP contribution in [0.5, 0.6) is 0 Å². The highest BCUT2D eigenvalue weighted by Crippen LogP contribution is 2.22. The van der Waals surface area contributed by atoms with Gasteiger partial charge in [0.15, 0.2) is 0 Å². The fraction of sp³-hybridized carbons (Fsp3) is 0.385. The lowest BCUT2D eigenvalue weighted by Crippen LogP contribution is -2.48. The predicted octanol–water partition coefficient (Wildman–Crippen LogP) is 0.801. The van der Waals surface area contributed by atoms with E-state index in [1.54, 1.807) is 11.0 Å². The fourth-order valence-corrected chi connectivity index (χ4v) is 2.10. The van der Waals surface area contributed by atoms with E-state index in [9.17, 15) is 9.59 Å². The number of ether oxygens (including phenoxy) is 1. The van der Waals surface area contributed by atoms with Gasteiger partial charge in [0, 0.05) is 24.5 Å². The molecule has 2 saturated heterocycles. The minimum absolute atomic E-state index is 0.0138. The highest BCUT2D eigenvalue weighted by atomic mass is 16.6. The van der Waals surface area contributed by atoms with Crippen molar-refractivity contribution in [1.82, 2.24) is 5.32 Å². The predicted molar refractivity (Wildman–Crippen MR) is 70.1 cm³/mol. The van der Waals surface area contributed by atoms with Crippen LogP contribution in [0, 0.1) is 5.92 Å². The molecule has 1 aromatic rings. The monoisotopic (exact) mass is 261 g/mol. The molecule has 0 aromatic heterocycles. The standard InChI is InChI=1S/C13H15N3O3/c17-12(9-7-14-8-9)15-10-2-1-3-11(6-10)16-4-5-19-13(16)18/h1-3,6,9,14H,4-5,7-8H2,(H,15,17). The van der Waals surface area contributed by atoms with Gasteiger partial charge in [0.1, 0.15) is 6.61 Å². The van der Waals surface area contributed by atoms with Gasteiger partial charge in [-0.3, -0.25) is 9.69 Å². The molecule has 0 bridgehead atoms. The molecular formula is C13H15N3O3. The van der Waals surface area contributed by atoms with Crippen LogP contribution in [0.2, 0.25) is 0 Å². The van der Waals surface area contributed by atoms with Crippen LogP contribution in [0.4, 0.5) is 16.2 Å². The van der Waals surface area contributed by atoms with Gasteiger partial charge in [-0.05, 0) is 18.2 Å². The van der Waals surface area contributed by atoms with E-state index in [1.807, 2.05) is 18.2 Å². The lowest BCUT2D eigenvalue weighted by atomic mass is 10.0. The molecule has 0 radical (unpaired) electrons. The molecule has 19 heavy (non-hydrogen) atoms. The number of benzene rings is 1. The maximum Gasteiger partial charge on any atom is 0.414 e. The number of cyclic esters (lactones) is 1. The summed E-state index contributed by atoms with van der Waals surface area (Å²) in [5.74, 6) is 0.0558. The molecular weight excluding hydrogens is 246 g/mol. The largest absolute Gasteiger partial charge is 0.447 e. The van der Waals surface area contributed by atoms with Crippen LogP contribution < -0.4 is 15.5 Å². The van der Waals surface area contributed by atoms with Crippen LogP contribution in [0.15, 0.2) is 24.3 Å². The van der Waals surface area contributed by atoms with Crippen LogP contribution in [0.3, 0.4) is 0 Å². The third-order valence-electron chi connectivity index (χ3n) is 3.34. The molecule has 2 fully saturated rings. The topological polar surface area (TPSA) is 70.7 Å². The molecule has 1 aromatic carbocycles. The van der Waals surface area contributed by atoms with Crippen molar-refractivity contribution in [2.24, 2.45) is 5.92 Å². The molecule has 0 atom stereocenters. The third kappa shape index (κ3) is 2.39. The summed E-state index contributed by atoms with van der Waals surface area (Å²) in [6.45, 7) is 2.40. The Balaban J connectivity index is 1.72. The highest BCUT2D eigenvalue weighted by molar-refractivity contribution is 5.95. The average Bonchev–Trinajstić information content (AvgIpc) is 2.73. The SMILES string of the molecule is O=C(Nc1cccc(N2CCOC2=O)c1)C1CNC1. The van der Waals surface area contributed by atoms with Crippen LogP contribution in [0.25, 0.3) is 0 Å². The van der Waals surface area contributed by atoms with Gasteiger partial charge in [-0.1, -0.05) is 6.07 Å².